The zero-order valence-electron chi connectivity index (χ0n) is 18.9. The SMILES string of the molecule is CC.CCCCC(CN/C=C(/c1cc2nccc(CCC)c2s1)N(C)F)OCC. The van der Waals surface area contributed by atoms with Gasteiger partial charge in [-0.05, 0) is 37.5 Å². The lowest BCUT2D eigenvalue weighted by molar-refractivity contribution is 0.0573. The van der Waals surface area contributed by atoms with Crippen molar-refractivity contribution in [3.63, 3.8) is 0 Å². The van der Waals surface area contributed by atoms with Crippen LogP contribution in [0.5, 0.6) is 0 Å². The monoisotopic (exact) mass is 423 g/mol. The first-order chi connectivity index (χ1) is 14.1. The van der Waals surface area contributed by atoms with Crippen molar-refractivity contribution >= 4 is 27.3 Å². The molecule has 0 fully saturated rings. The van der Waals surface area contributed by atoms with E-state index < -0.39 is 0 Å². The van der Waals surface area contributed by atoms with Crippen molar-refractivity contribution in [2.45, 2.75) is 72.8 Å². The first kappa shape index (κ1) is 25.4. The molecule has 4 nitrogen and oxygen atoms in total. The number of nitrogens with one attached hydrogen (secondary N) is 1. The molecule has 0 saturated carbocycles. The molecule has 0 saturated heterocycles. The van der Waals surface area contributed by atoms with E-state index in [1.807, 2.05) is 33.0 Å². The summed E-state index contributed by atoms with van der Waals surface area (Å²) in [4.78, 5) is 5.33. The van der Waals surface area contributed by atoms with Gasteiger partial charge in [0.15, 0.2) is 0 Å². The van der Waals surface area contributed by atoms with Crippen molar-refractivity contribution in [3.05, 3.63) is 35.0 Å². The maximum Gasteiger partial charge on any atom is 0.101 e. The number of ether oxygens (including phenoxy) is 1. The number of hydrogen-bond acceptors (Lipinski definition) is 5. The van der Waals surface area contributed by atoms with Gasteiger partial charge in [0, 0.05) is 32.6 Å². The molecule has 29 heavy (non-hydrogen) atoms. The van der Waals surface area contributed by atoms with Crippen LogP contribution in [0.1, 0.15) is 70.7 Å². The third kappa shape index (κ3) is 7.94. The highest BCUT2D eigenvalue weighted by atomic mass is 32.1. The Kier molecular flexibility index (Phi) is 12.6. The predicted octanol–water partition coefficient (Wildman–Crippen LogP) is 6.57. The fourth-order valence-electron chi connectivity index (χ4n) is 3.09. The highest BCUT2D eigenvalue weighted by molar-refractivity contribution is 7.20. The van der Waals surface area contributed by atoms with Crippen molar-refractivity contribution < 1.29 is 9.22 Å². The van der Waals surface area contributed by atoms with E-state index in [0.29, 0.717) is 24.0 Å². The van der Waals surface area contributed by atoms with Crippen LogP contribution in [-0.4, -0.2) is 36.4 Å². The number of fused-ring (bicyclic) bond motifs is 1. The number of hydrogen-bond donors (Lipinski definition) is 1. The highest BCUT2D eigenvalue weighted by Gasteiger charge is 2.14. The molecular formula is C23H38FN3OS. The first-order valence-corrected chi connectivity index (χ1v) is 11.7. The smallest absolute Gasteiger partial charge is 0.101 e. The van der Waals surface area contributed by atoms with Gasteiger partial charge in [-0.15, -0.1) is 15.8 Å². The third-order valence-corrected chi connectivity index (χ3v) is 5.69. The number of nitrogens with zero attached hydrogens (tertiary/aromatic N) is 2. The van der Waals surface area contributed by atoms with Crippen LogP contribution in [0.4, 0.5) is 4.48 Å². The lowest BCUT2D eigenvalue weighted by Crippen LogP contribution is -2.27. The lowest BCUT2D eigenvalue weighted by atomic mass is 10.1. The van der Waals surface area contributed by atoms with Crippen molar-refractivity contribution in [1.29, 1.82) is 0 Å². The molecule has 6 heteroatoms. The van der Waals surface area contributed by atoms with E-state index in [9.17, 15) is 4.48 Å². The first-order valence-electron chi connectivity index (χ1n) is 10.9. The number of halogens is 1. The van der Waals surface area contributed by atoms with Gasteiger partial charge in [-0.25, -0.2) is 5.12 Å². The highest BCUT2D eigenvalue weighted by Crippen LogP contribution is 2.33. The Morgan fingerprint density at radius 2 is 2.07 bits per heavy atom. The van der Waals surface area contributed by atoms with Crippen molar-refractivity contribution in [2.75, 3.05) is 20.2 Å². The van der Waals surface area contributed by atoms with Gasteiger partial charge < -0.3 is 10.1 Å². The molecule has 0 aliphatic carbocycles. The van der Waals surface area contributed by atoms with E-state index in [1.54, 1.807) is 17.5 Å². The number of rotatable bonds is 12. The minimum Gasteiger partial charge on any atom is -0.387 e. The quantitative estimate of drug-likeness (QED) is 0.392. The summed E-state index contributed by atoms with van der Waals surface area (Å²) in [5.74, 6) is 0. The van der Waals surface area contributed by atoms with Crippen LogP contribution in [0, 0.1) is 0 Å². The molecule has 0 aliphatic rings. The van der Waals surface area contributed by atoms with E-state index >= 15 is 0 Å². The van der Waals surface area contributed by atoms with Crippen LogP contribution < -0.4 is 5.32 Å². The third-order valence-electron chi connectivity index (χ3n) is 4.46. The summed E-state index contributed by atoms with van der Waals surface area (Å²) in [7, 11) is 1.43. The van der Waals surface area contributed by atoms with E-state index in [4.69, 9.17) is 4.74 Å². The Morgan fingerprint density at radius 3 is 2.69 bits per heavy atom. The summed E-state index contributed by atoms with van der Waals surface area (Å²) in [6, 6.07) is 4.03. The number of pyridine rings is 1. The molecule has 0 aliphatic heterocycles. The van der Waals surface area contributed by atoms with Gasteiger partial charge in [-0.2, -0.15) is 0 Å². The van der Waals surface area contributed by atoms with Crippen molar-refractivity contribution in [1.82, 2.24) is 15.4 Å². The molecule has 1 N–H and O–H groups in total. The molecule has 0 radical (unpaired) electrons. The summed E-state index contributed by atoms with van der Waals surface area (Å²) < 4.78 is 21.1. The fourth-order valence-corrected chi connectivity index (χ4v) is 4.29. The van der Waals surface area contributed by atoms with E-state index in [0.717, 1.165) is 47.2 Å². The van der Waals surface area contributed by atoms with Gasteiger partial charge in [0.1, 0.15) is 5.70 Å². The second kappa shape index (κ2) is 14.3. The average Bonchev–Trinajstić information content (AvgIpc) is 3.15. The Bertz CT molecular complexity index is 730. The zero-order valence-corrected chi connectivity index (χ0v) is 19.7. The molecular weight excluding hydrogens is 385 g/mol. The lowest BCUT2D eigenvalue weighted by Gasteiger charge is -2.18. The molecule has 1 unspecified atom stereocenters. The molecule has 2 aromatic rings. The number of aromatic nitrogens is 1. The molecule has 0 spiro atoms. The molecule has 2 aromatic heterocycles. The minimum absolute atomic E-state index is 0.151. The van der Waals surface area contributed by atoms with E-state index in [-0.39, 0.29) is 6.10 Å². The van der Waals surface area contributed by atoms with Crippen LogP contribution in [0.25, 0.3) is 15.9 Å². The van der Waals surface area contributed by atoms with Crippen molar-refractivity contribution in [3.8, 4) is 0 Å². The standard InChI is InChI=1S/C21H32FN3OS.C2H6/c1-5-8-10-17(26-7-3)14-23-15-19(25(4)22)20-13-18-21(27-20)16(9-6-2)11-12-24-18;1-2/h11-13,15,17,23H,5-10,14H2,1-4H3;1-2H3/b19-15-;. The summed E-state index contributed by atoms with van der Waals surface area (Å²) in [5, 5.41) is 3.93. The molecule has 0 aromatic carbocycles. The molecule has 2 rings (SSSR count). The molecule has 164 valence electrons. The maximum absolute atomic E-state index is 14.2. The van der Waals surface area contributed by atoms with E-state index in [1.165, 1.54) is 12.6 Å². The Hall–Kier alpha value is -1.66. The summed E-state index contributed by atoms with van der Waals surface area (Å²) >= 11 is 1.60. The Morgan fingerprint density at radius 1 is 1.31 bits per heavy atom. The molecule has 0 bridgehead atoms. The van der Waals surface area contributed by atoms with Gasteiger partial charge in [0.2, 0.25) is 0 Å². The van der Waals surface area contributed by atoms with Gasteiger partial charge in [0.25, 0.3) is 0 Å². The van der Waals surface area contributed by atoms with Crippen LogP contribution in [-0.2, 0) is 11.2 Å². The fraction of sp³-hybridized carbons (Fsp3) is 0.609. The Balaban J connectivity index is 0.00000204. The average molecular weight is 424 g/mol. The van der Waals surface area contributed by atoms with Gasteiger partial charge in [-0.1, -0.05) is 47.0 Å². The van der Waals surface area contributed by atoms with Crippen LogP contribution in [0.3, 0.4) is 0 Å². The summed E-state index contributed by atoms with van der Waals surface area (Å²) in [6.45, 7) is 11.7. The van der Waals surface area contributed by atoms with Gasteiger partial charge in [-0.3, -0.25) is 4.98 Å². The molecule has 2 heterocycles. The van der Waals surface area contributed by atoms with Crippen LogP contribution in [0.2, 0.25) is 0 Å². The number of aryl methyl sites for hydroxylation is 1. The van der Waals surface area contributed by atoms with Gasteiger partial charge >= 0.3 is 0 Å². The van der Waals surface area contributed by atoms with Gasteiger partial charge in [0.05, 0.1) is 21.2 Å². The molecule has 0 amide bonds. The van der Waals surface area contributed by atoms with E-state index in [2.05, 4.69) is 30.2 Å². The minimum atomic E-state index is 0.151. The van der Waals surface area contributed by atoms with Crippen LogP contribution in [0.15, 0.2) is 24.5 Å². The molecule has 1 atom stereocenters. The normalized spacial score (nSPS) is 12.4. The van der Waals surface area contributed by atoms with Crippen LogP contribution >= 0.6 is 11.3 Å². The Labute approximate surface area is 180 Å². The second-order valence-electron chi connectivity index (χ2n) is 6.68. The van der Waals surface area contributed by atoms with Crippen molar-refractivity contribution in [2.24, 2.45) is 0 Å². The second-order valence-corrected chi connectivity index (χ2v) is 7.73. The largest absolute Gasteiger partial charge is 0.387 e. The zero-order chi connectivity index (χ0) is 21.6. The maximum atomic E-state index is 14.2. The number of unbranched alkanes of at least 4 members (excludes halogenated alkanes) is 1. The summed E-state index contributed by atoms with van der Waals surface area (Å²) in [5.41, 5.74) is 2.73. The topological polar surface area (TPSA) is 37.4 Å². The summed E-state index contributed by atoms with van der Waals surface area (Å²) in [6.07, 6.45) is 9.12. The number of thiophene rings is 1. The predicted molar refractivity (Wildman–Crippen MR) is 125 cm³/mol.